The molecule has 0 bridgehead atoms. The van der Waals surface area contributed by atoms with Crippen molar-refractivity contribution in [1.82, 2.24) is 0 Å². The molecule has 3 nitrogen and oxygen atoms in total. The molecule has 0 amide bonds. The Hall–Kier alpha value is -2.30. The van der Waals surface area contributed by atoms with E-state index in [0.717, 1.165) is 0 Å². The Morgan fingerprint density at radius 2 is 1.22 bits per heavy atom. The van der Waals surface area contributed by atoms with Gasteiger partial charge >= 0.3 is 10.1 Å². The van der Waals surface area contributed by atoms with Crippen LogP contribution in [0.3, 0.4) is 0 Å². The lowest BCUT2D eigenvalue weighted by atomic mass is 10.3. The zero-order chi connectivity index (χ0) is 17.5. The standard InChI is InChI=1S/C12H3F7O3S/c13-4-1-2-6(5(14)3-4)23(20,21)22-12-10(18)8(16)7(15)9(17)11(12)19/h1-3H. The van der Waals surface area contributed by atoms with E-state index in [0.29, 0.717) is 12.1 Å². The summed E-state index contributed by atoms with van der Waals surface area (Å²) in [4.78, 5) is -1.36. The summed E-state index contributed by atoms with van der Waals surface area (Å²) in [5.41, 5.74) is 0. The van der Waals surface area contributed by atoms with Gasteiger partial charge in [-0.15, -0.1) is 0 Å². The van der Waals surface area contributed by atoms with Crippen LogP contribution in [-0.4, -0.2) is 8.42 Å². The molecule has 0 saturated heterocycles. The van der Waals surface area contributed by atoms with E-state index in [1.54, 1.807) is 0 Å². The van der Waals surface area contributed by atoms with E-state index >= 15 is 0 Å². The second-order valence-corrected chi connectivity index (χ2v) is 5.53. The molecule has 124 valence electrons. The highest BCUT2D eigenvalue weighted by molar-refractivity contribution is 7.87. The predicted molar refractivity (Wildman–Crippen MR) is 60.4 cm³/mol. The number of rotatable bonds is 3. The van der Waals surface area contributed by atoms with Crippen molar-refractivity contribution >= 4 is 10.1 Å². The Labute approximate surface area is 124 Å². The van der Waals surface area contributed by atoms with E-state index < -0.39 is 61.5 Å². The molecule has 2 aromatic carbocycles. The molecule has 0 aliphatic carbocycles. The third kappa shape index (κ3) is 2.96. The fourth-order valence-corrected chi connectivity index (χ4v) is 2.48. The van der Waals surface area contributed by atoms with Crippen molar-refractivity contribution in [3.8, 4) is 5.75 Å². The van der Waals surface area contributed by atoms with E-state index in [2.05, 4.69) is 4.18 Å². The third-order valence-electron chi connectivity index (χ3n) is 2.53. The van der Waals surface area contributed by atoms with Crippen LogP contribution in [0.15, 0.2) is 23.1 Å². The van der Waals surface area contributed by atoms with Gasteiger partial charge in [-0.2, -0.15) is 17.2 Å². The number of benzene rings is 2. The molecule has 23 heavy (non-hydrogen) atoms. The highest BCUT2D eigenvalue weighted by Gasteiger charge is 2.32. The summed E-state index contributed by atoms with van der Waals surface area (Å²) in [6.07, 6.45) is 0. The topological polar surface area (TPSA) is 43.4 Å². The average molecular weight is 360 g/mol. The maximum absolute atomic E-state index is 13.4. The van der Waals surface area contributed by atoms with Gasteiger partial charge in [0.15, 0.2) is 0 Å². The normalized spacial score (nSPS) is 11.6. The Balaban J connectivity index is 2.58. The molecule has 0 radical (unpaired) electrons. The minimum Gasteiger partial charge on any atom is -0.372 e. The summed E-state index contributed by atoms with van der Waals surface area (Å²) in [5, 5.41) is 0. The lowest BCUT2D eigenvalue weighted by molar-refractivity contribution is 0.346. The fraction of sp³-hybridized carbons (Fsp3) is 0. The van der Waals surface area contributed by atoms with Crippen molar-refractivity contribution in [2.45, 2.75) is 4.90 Å². The molecule has 0 aromatic heterocycles. The van der Waals surface area contributed by atoms with E-state index in [-0.39, 0.29) is 6.07 Å². The zero-order valence-electron chi connectivity index (χ0n) is 10.5. The van der Waals surface area contributed by atoms with Gasteiger partial charge in [-0.25, -0.2) is 22.0 Å². The van der Waals surface area contributed by atoms with Crippen molar-refractivity contribution < 1.29 is 43.3 Å². The molecule has 0 unspecified atom stereocenters. The Morgan fingerprint density at radius 3 is 1.70 bits per heavy atom. The summed E-state index contributed by atoms with van der Waals surface area (Å²) in [6.45, 7) is 0. The third-order valence-corrected chi connectivity index (χ3v) is 3.78. The summed E-state index contributed by atoms with van der Waals surface area (Å²) in [5.74, 6) is -17.5. The van der Waals surface area contributed by atoms with Crippen LogP contribution >= 0.6 is 0 Å². The Bertz CT molecular complexity index is 867. The van der Waals surface area contributed by atoms with Gasteiger partial charge in [0.05, 0.1) is 0 Å². The largest absolute Gasteiger partial charge is 0.372 e. The SMILES string of the molecule is O=S(=O)(Oc1c(F)c(F)c(F)c(F)c1F)c1ccc(F)cc1F. The fourth-order valence-electron chi connectivity index (χ4n) is 1.49. The first-order chi connectivity index (χ1) is 10.6. The molecule has 0 atom stereocenters. The van der Waals surface area contributed by atoms with E-state index in [4.69, 9.17) is 0 Å². The molecule has 0 aliphatic rings. The molecular formula is C12H3F7O3S. The molecular weight excluding hydrogens is 357 g/mol. The van der Waals surface area contributed by atoms with Crippen LogP contribution in [0.2, 0.25) is 0 Å². The van der Waals surface area contributed by atoms with Crippen molar-refractivity contribution in [1.29, 1.82) is 0 Å². The Morgan fingerprint density at radius 1 is 0.739 bits per heavy atom. The Kier molecular flexibility index (Phi) is 4.24. The van der Waals surface area contributed by atoms with Crippen LogP contribution in [0.25, 0.3) is 0 Å². The second-order valence-electron chi connectivity index (χ2n) is 4.01. The summed E-state index contributed by atoms with van der Waals surface area (Å²) in [7, 11) is -5.33. The smallest absolute Gasteiger partial charge is 0.342 e. The van der Waals surface area contributed by atoms with Gasteiger partial charge in [-0.1, -0.05) is 0 Å². The van der Waals surface area contributed by atoms with Gasteiger partial charge < -0.3 is 4.18 Å². The van der Waals surface area contributed by atoms with Crippen LogP contribution in [0, 0.1) is 40.7 Å². The van der Waals surface area contributed by atoms with Crippen molar-refractivity contribution in [3.05, 3.63) is 58.9 Å². The predicted octanol–water partition coefficient (Wildman–Crippen LogP) is 3.43. The average Bonchev–Trinajstić information content (AvgIpc) is 2.47. The second kappa shape index (κ2) is 5.72. The summed E-state index contributed by atoms with van der Waals surface area (Å²) in [6, 6.07) is 0.957. The lowest BCUT2D eigenvalue weighted by Gasteiger charge is -2.10. The maximum Gasteiger partial charge on any atom is 0.342 e. The van der Waals surface area contributed by atoms with Crippen LogP contribution in [0.4, 0.5) is 30.7 Å². The van der Waals surface area contributed by atoms with E-state index in [1.165, 1.54) is 0 Å². The van der Waals surface area contributed by atoms with Crippen molar-refractivity contribution in [2.75, 3.05) is 0 Å². The monoisotopic (exact) mass is 360 g/mol. The number of hydrogen-bond acceptors (Lipinski definition) is 3. The molecule has 11 heteroatoms. The molecule has 0 fully saturated rings. The van der Waals surface area contributed by atoms with Crippen LogP contribution in [-0.2, 0) is 10.1 Å². The first-order valence-corrected chi connectivity index (χ1v) is 6.88. The quantitative estimate of drug-likeness (QED) is 0.365. The minimum atomic E-state index is -5.33. The van der Waals surface area contributed by atoms with Crippen molar-refractivity contribution in [3.63, 3.8) is 0 Å². The highest BCUT2D eigenvalue weighted by Crippen LogP contribution is 2.31. The highest BCUT2D eigenvalue weighted by atomic mass is 32.2. The van der Waals surface area contributed by atoms with Gasteiger partial charge in [-0.3, -0.25) is 0 Å². The van der Waals surface area contributed by atoms with Gasteiger partial charge in [0.25, 0.3) is 0 Å². The van der Waals surface area contributed by atoms with E-state index in [9.17, 15) is 39.2 Å². The molecule has 2 rings (SSSR count). The zero-order valence-corrected chi connectivity index (χ0v) is 11.3. The molecule has 0 aliphatic heterocycles. The van der Waals surface area contributed by atoms with Gasteiger partial charge in [-0.05, 0) is 12.1 Å². The first-order valence-electron chi connectivity index (χ1n) is 5.47. The number of hydrogen-bond donors (Lipinski definition) is 0. The number of halogens is 7. The first kappa shape index (κ1) is 17.1. The van der Waals surface area contributed by atoms with Crippen LogP contribution in [0.1, 0.15) is 0 Å². The van der Waals surface area contributed by atoms with Gasteiger partial charge in [0, 0.05) is 6.07 Å². The molecule has 0 saturated carbocycles. The summed E-state index contributed by atoms with van der Waals surface area (Å²) >= 11 is 0. The van der Waals surface area contributed by atoms with Gasteiger partial charge in [0.2, 0.25) is 34.8 Å². The molecule has 0 spiro atoms. The van der Waals surface area contributed by atoms with Gasteiger partial charge in [0.1, 0.15) is 16.5 Å². The maximum atomic E-state index is 13.4. The minimum absolute atomic E-state index is 0.120. The molecule has 0 heterocycles. The van der Waals surface area contributed by atoms with Crippen LogP contribution in [0.5, 0.6) is 5.75 Å². The molecule has 0 N–H and O–H groups in total. The molecule has 2 aromatic rings. The van der Waals surface area contributed by atoms with Crippen LogP contribution < -0.4 is 4.18 Å². The lowest BCUT2D eigenvalue weighted by Crippen LogP contribution is -2.15. The summed E-state index contributed by atoms with van der Waals surface area (Å²) < 4.78 is 119. The van der Waals surface area contributed by atoms with E-state index in [1.807, 2.05) is 0 Å². The van der Waals surface area contributed by atoms with Crippen molar-refractivity contribution in [2.24, 2.45) is 0 Å².